The lowest BCUT2D eigenvalue weighted by Gasteiger charge is -2.02. The van der Waals surface area contributed by atoms with Crippen molar-refractivity contribution in [2.75, 3.05) is 5.32 Å². The van der Waals surface area contributed by atoms with Crippen molar-refractivity contribution in [3.05, 3.63) is 29.3 Å². The molecule has 2 rings (SSSR count). The average molecular weight is 182 g/mol. The van der Waals surface area contributed by atoms with E-state index in [1.165, 1.54) is 0 Å². The van der Waals surface area contributed by atoms with Crippen molar-refractivity contribution in [2.45, 2.75) is 12.3 Å². The summed E-state index contributed by atoms with van der Waals surface area (Å²) in [6, 6.07) is 5.72. The molecule has 0 aliphatic carbocycles. The van der Waals surface area contributed by atoms with Crippen LogP contribution in [-0.4, -0.2) is 5.91 Å². The Morgan fingerprint density at radius 3 is 2.92 bits per heavy atom. The van der Waals surface area contributed by atoms with E-state index in [0.29, 0.717) is 0 Å². The predicted molar refractivity (Wildman–Crippen MR) is 48.4 cm³/mol. The van der Waals surface area contributed by atoms with Crippen LogP contribution in [0.3, 0.4) is 0 Å². The monoisotopic (exact) mass is 181 g/mol. The Labute approximate surface area is 75.5 Å². The van der Waals surface area contributed by atoms with Gasteiger partial charge < -0.3 is 5.32 Å². The van der Waals surface area contributed by atoms with E-state index in [2.05, 4.69) is 5.32 Å². The maximum atomic E-state index is 11.1. The molecule has 0 saturated heterocycles. The number of benzene rings is 1. The zero-order chi connectivity index (χ0) is 8.72. The van der Waals surface area contributed by atoms with Gasteiger partial charge in [0.1, 0.15) is 5.38 Å². The largest absolute Gasteiger partial charge is 0.324 e. The van der Waals surface area contributed by atoms with Crippen molar-refractivity contribution in [1.82, 2.24) is 0 Å². The molecule has 0 bridgehead atoms. The number of carbonyl (C=O) groups excluding carboxylic acids is 1. The molecule has 1 N–H and O–H groups in total. The second kappa shape index (κ2) is 2.49. The van der Waals surface area contributed by atoms with Crippen LogP contribution in [0.4, 0.5) is 5.69 Å². The van der Waals surface area contributed by atoms with Crippen molar-refractivity contribution >= 4 is 23.2 Å². The van der Waals surface area contributed by atoms with Crippen molar-refractivity contribution in [3.63, 3.8) is 0 Å². The fraction of sp³-hybridized carbons (Fsp3) is 0.222. The van der Waals surface area contributed by atoms with E-state index in [1.807, 2.05) is 25.1 Å². The fourth-order valence-corrected chi connectivity index (χ4v) is 1.80. The molecule has 0 saturated carbocycles. The van der Waals surface area contributed by atoms with Crippen molar-refractivity contribution in [3.8, 4) is 0 Å². The van der Waals surface area contributed by atoms with Crippen LogP contribution in [0, 0.1) is 6.92 Å². The van der Waals surface area contributed by atoms with E-state index < -0.39 is 5.38 Å². The maximum absolute atomic E-state index is 11.1. The second-order valence-electron chi connectivity index (χ2n) is 2.89. The Morgan fingerprint density at radius 2 is 2.25 bits per heavy atom. The van der Waals surface area contributed by atoms with Gasteiger partial charge in [0.2, 0.25) is 5.91 Å². The van der Waals surface area contributed by atoms with E-state index in [-0.39, 0.29) is 5.91 Å². The van der Waals surface area contributed by atoms with Gasteiger partial charge in [0.25, 0.3) is 0 Å². The van der Waals surface area contributed by atoms with E-state index >= 15 is 0 Å². The van der Waals surface area contributed by atoms with Gasteiger partial charge in [-0.05, 0) is 18.6 Å². The lowest BCUT2D eigenvalue weighted by molar-refractivity contribution is -0.115. The zero-order valence-corrected chi connectivity index (χ0v) is 7.35. The first-order valence-corrected chi connectivity index (χ1v) is 4.18. The molecule has 1 aromatic rings. The van der Waals surface area contributed by atoms with Gasteiger partial charge >= 0.3 is 0 Å². The molecule has 0 radical (unpaired) electrons. The maximum Gasteiger partial charge on any atom is 0.247 e. The van der Waals surface area contributed by atoms with Crippen LogP contribution in [0.1, 0.15) is 16.5 Å². The Balaban J connectivity index is 2.62. The molecular weight excluding hydrogens is 174 g/mol. The van der Waals surface area contributed by atoms with E-state index in [0.717, 1.165) is 16.8 Å². The lowest BCUT2D eigenvalue weighted by atomic mass is 10.1. The number of nitrogens with one attached hydrogen (secondary N) is 1. The molecule has 1 aliphatic rings. The second-order valence-corrected chi connectivity index (χ2v) is 3.32. The number of rotatable bonds is 0. The van der Waals surface area contributed by atoms with Crippen LogP contribution in [0.25, 0.3) is 0 Å². The van der Waals surface area contributed by atoms with Crippen LogP contribution >= 0.6 is 11.6 Å². The normalized spacial score (nSPS) is 20.5. The molecular formula is C9H8ClNO. The molecule has 3 heteroatoms. The van der Waals surface area contributed by atoms with Crippen LogP contribution in [0.15, 0.2) is 18.2 Å². The Hall–Kier alpha value is -1.02. The minimum atomic E-state index is -0.513. The van der Waals surface area contributed by atoms with Gasteiger partial charge in [-0.25, -0.2) is 0 Å². The number of alkyl halides is 1. The molecule has 1 atom stereocenters. The number of halogens is 1. The number of fused-ring (bicyclic) bond motifs is 1. The van der Waals surface area contributed by atoms with Gasteiger partial charge in [-0.15, -0.1) is 11.6 Å². The first-order valence-electron chi connectivity index (χ1n) is 3.74. The molecule has 1 heterocycles. The van der Waals surface area contributed by atoms with Crippen LogP contribution in [0.5, 0.6) is 0 Å². The standard InChI is InChI=1S/C9H8ClNO/c1-5-3-2-4-6-7(5)8(10)9(12)11-6/h2-4,8H,1H3,(H,11,12). The number of anilines is 1. The van der Waals surface area contributed by atoms with Crippen LogP contribution < -0.4 is 5.32 Å². The van der Waals surface area contributed by atoms with Crippen molar-refractivity contribution in [2.24, 2.45) is 0 Å². The quantitative estimate of drug-likeness (QED) is 0.611. The Morgan fingerprint density at radius 1 is 1.50 bits per heavy atom. The molecule has 2 nitrogen and oxygen atoms in total. The predicted octanol–water partition coefficient (Wildman–Crippen LogP) is 2.23. The Kier molecular flexibility index (Phi) is 1.58. The number of hydrogen-bond acceptors (Lipinski definition) is 1. The van der Waals surface area contributed by atoms with Crippen LogP contribution in [-0.2, 0) is 4.79 Å². The van der Waals surface area contributed by atoms with Crippen molar-refractivity contribution < 1.29 is 4.79 Å². The first-order chi connectivity index (χ1) is 5.70. The molecule has 1 aliphatic heterocycles. The summed E-state index contributed by atoms with van der Waals surface area (Å²) in [7, 11) is 0. The number of aryl methyl sites for hydroxylation is 1. The average Bonchev–Trinajstić information content (AvgIpc) is 2.29. The molecule has 1 aromatic carbocycles. The third kappa shape index (κ3) is 0.916. The summed E-state index contributed by atoms with van der Waals surface area (Å²) in [4.78, 5) is 11.1. The summed E-state index contributed by atoms with van der Waals surface area (Å²) in [5, 5.41) is 2.20. The highest BCUT2D eigenvalue weighted by atomic mass is 35.5. The third-order valence-electron chi connectivity index (χ3n) is 2.07. The SMILES string of the molecule is Cc1cccc2c1C(Cl)C(=O)N2. The summed E-state index contributed by atoms with van der Waals surface area (Å²) < 4.78 is 0. The van der Waals surface area contributed by atoms with Gasteiger partial charge in [0.05, 0.1) is 0 Å². The lowest BCUT2D eigenvalue weighted by Crippen LogP contribution is -2.06. The summed E-state index contributed by atoms with van der Waals surface area (Å²) in [6.07, 6.45) is 0. The van der Waals surface area contributed by atoms with E-state index in [9.17, 15) is 4.79 Å². The van der Waals surface area contributed by atoms with E-state index in [4.69, 9.17) is 11.6 Å². The summed E-state index contributed by atoms with van der Waals surface area (Å²) in [6.45, 7) is 1.95. The minimum Gasteiger partial charge on any atom is -0.324 e. The third-order valence-corrected chi connectivity index (χ3v) is 2.48. The van der Waals surface area contributed by atoms with Gasteiger partial charge in [-0.1, -0.05) is 12.1 Å². The molecule has 1 unspecified atom stereocenters. The molecule has 0 aromatic heterocycles. The molecule has 0 fully saturated rings. The fourth-order valence-electron chi connectivity index (χ4n) is 1.45. The van der Waals surface area contributed by atoms with Gasteiger partial charge in [0, 0.05) is 11.3 Å². The minimum absolute atomic E-state index is 0.124. The van der Waals surface area contributed by atoms with Crippen LogP contribution in [0.2, 0.25) is 0 Å². The van der Waals surface area contributed by atoms with Gasteiger partial charge in [0.15, 0.2) is 0 Å². The topological polar surface area (TPSA) is 29.1 Å². The molecule has 0 spiro atoms. The smallest absolute Gasteiger partial charge is 0.247 e. The summed E-state index contributed by atoms with van der Waals surface area (Å²) >= 11 is 5.89. The summed E-state index contributed by atoms with van der Waals surface area (Å²) in [5.41, 5.74) is 2.83. The highest BCUT2D eigenvalue weighted by molar-refractivity contribution is 6.35. The highest BCUT2D eigenvalue weighted by Crippen LogP contribution is 2.36. The summed E-state index contributed by atoms with van der Waals surface area (Å²) in [5.74, 6) is -0.124. The zero-order valence-electron chi connectivity index (χ0n) is 6.60. The molecule has 62 valence electrons. The van der Waals surface area contributed by atoms with Gasteiger partial charge in [-0.2, -0.15) is 0 Å². The van der Waals surface area contributed by atoms with Gasteiger partial charge in [-0.3, -0.25) is 4.79 Å². The Bertz CT molecular complexity index is 348. The number of amides is 1. The highest BCUT2D eigenvalue weighted by Gasteiger charge is 2.29. The number of hydrogen-bond donors (Lipinski definition) is 1. The number of carbonyl (C=O) groups is 1. The molecule has 1 amide bonds. The van der Waals surface area contributed by atoms with Crippen molar-refractivity contribution in [1.29, 1.82) is 0 Å². The molecule has 12 heavy (non-hydrogen) atoms. The van der Waals surface area contributed by atoms with E-state index in [1.54, 1.807) is 0 Å². The first kappa shape index (κ1) is 7.62.